The van der Waals surface area contributed by atoms with Gasteiger partial charge in [0.2, 0.25) is 5.91 Å². The number of hydrogen-bond acceptors (Lipinski definition) is 3. The largest absolute Gasteiger partial charge is 0.392 e. The van der Waals surface area contributed by atoms with Gasteiger partial charge in [-0.3, -0.25) is 9.78 Å². The van der Waals surface area contributed by atoms with Gasteiger partial charge in [-0.25, -0.2) is 0 Å². The van der Waals surface area contributed by atoms with Gasteiger partial charge >= 0.3 is 0 Å². The Bertz CT molecular complexity index is 365. The van der Waals surface area contributed by atoms with E-state index in [9.17, 15) is 9.90 Å². The molecule has 0 aliphatic rings. The third-order valence-electron chi connectivity index (χ3n) is 3.02. The number of aliphatic hydroxyl groups is 1. The number of amides is 1. The molecule has 2 N–H and O–H groups in total. The van der Waals surface area contributed by atoms with Crippen LogP contribution >= 0.6 is 0 Å². The molecule has 1 aromatic rings. The van der Waals surface area contributed by atoms with Gasteiger partial charge in [-0.1, -0.05) is 20.8 Å². The third-order valence-corrected chi connectivity index (χ3v) is 3.02. The highest BCUT2D eigenvalue weighted by atomic mass is 16.3. The zero-order chi connectivity index (χ0) is 13.5. The van der Waals surface area contributed by atoms with Crippen LogP contribution in [0.4, 0.5) is 0 Å². The Labute approximate surface area is 108 Å². The van der Waals surface area contributed by atoms with Gasteiger partial charge in [0, 0.05) is 12.4 Å². The molecular formula is C14H22N2O2. The van der Waals surface area contributed by atoms with Crippen LogP contribution in [0.5, 0.6) is 0 Å². The smallest absolute Gasteiger partial charge is 0.223 e. The van der Waals surface area contributed by atoms with Crippen molar-refractivity contribution >= 4 is 5.91 Å². The number of pyridine rings is 1. The summed E-state index contributed by atoms with van der Waals surface area (Å²) in [5.74, 6) is -0.0170. The zero-order valence-corrected chi connectivity index (χ0v) is 11.3. The van der Waals surface area contributed by atoms with Crippen LogP contribution < -0.4 is 5.32 Å². The summed E-state index contributed by atoms with van der Waals surface area (Å²) in [6.45, 7) is 5.82. The minimum atomic E-state index is -0.583. The summed E-state index contributed by atoms with van der Waals surface area (Å²) >= 11 is 0. The van der Waals surface area contributed by atoms with Gasteiger partial charge in [0.25, 0.3) is 0 Å². The fraction of sp³-hybridized carbons (Fsp3) is 0.571. The third kappa shape index (κ3) is 4.45. The second-order valence-electron chi connectivity index (χ2n) is 4.82. The highest BCUT2D eigenvalue weighted by Crippen LogP contribution is 2.16. The Kier molecular flexibility index (Phi) is 5.78. The minimum Gasteiger partial charge on any atom is -0.392 e. The predicted molar refractivity (Wildman–Crippen MR) is 70.9 cm³/mol. The molecule has 1 aromatic heterocycles. The van der Waals surface area contributed by atoms with Crippen LogP contribution in [0, 0.1) is 5.92 Å². The maximum absolute atomic E-state index is 11.8. The number of rotatable bonds is 6. The van der Waals surface area contributed by atoms with Gasteiger partial charge in [0.15, 0.2) is 0 Å². The van der Waals surface area contributed by atoms with E-state index in [1.54, 1.807) is 12.4 Å². The lowest BCUT2D eigenvalue weighted by molar-refractivity contribution is -0.124. The normalized spacial score (nSPS) is 14.3. The minimum absolute atomic E-state index is 0.0140. The van der Waals surface area contributed by atoms with E-state index in [0.717, 1.165) is 12.0 Å². The van der Waals surface area contributed by atoms with Crippen molar-refractivity contribution in [3.8, 4) is 0 Å². The first-order chi connectivity index (χ1) is 8.54. The fourth-order valence-corrected chi connectivity index (χ4v) is 1.70. The first-order valence-electron chi connectivity index (χ1n) is 6.42. The van der Waals surface area contributed by atoms with Crippen molar-refractivity contribution < 1.29 is 9.90 Å². The van der Waals surface area contributed by atoms with E-state index in [1.807, 2.05) is 32.9 Å². The molecule has 4 heteroatoms. The first kappa shape index (κ1) is 14.6. The summed E-state index contributed by atoms with van der Waals surface area (Å²) < 4.78 is 0. The van der Waals surface area contributed by atoms with Crippen LogP contribution in [-0.4, -0.2) is 22.1 Å². The predicted octanol–water partition coefficient (Wildman–Crippen LogP) is 2.06. The Hall–Kier alpha value is -1.42. The second kappa shape index (κ2) is 7.11. The molecule has 0 aliphatic carbocycles. The van der Waals surface area contributed by atoms with Crippen molar-refractivity contribution in [1.29, 1.82) is 0 Å². The number of aliphatic hydroxyl groups excluding tert-OH is 1. The van der Waals surface area contributed by atoms with Crippen molar-refractivity contribution in [2.75, 3.05) is 0 Å². The van der Waals surface area contributed by atoms with Crippen molar-refractivity contribution in [1.82, 2.24) is 10.3 Å². The van der Waals surface area contributed by atoms with Crippen molar-refractivity contribution in [3.05, 3.63) is 30.1 Å². The molecule has 100 valence electrons. The second-order valence-corrected chi connectivity index (χ2v) is 4.82. The van der Waals surface area contributed by atoms with Gasteiger partial charge in [-0.05, 0) is 30.0 Å². The number of aromatic nitrogens is 1. The topological polar surface area (TPSA) is 62.2 Å². The van der Waals surface area contributed by atoms with Gasteiger partial charge in [0.05, 0.1) is 18.6 Å². The van der Waals surface area contributed by atoms with E-state index < -0.39 is 6.10 Å². The van der Waals surface area contributed by atoms with E-state index in [0.29, 0.717) is 0 Å². The van der Waals surface area contributed by atoms with E-state index in [2.05, 4.69) is 10.3 Å². The maximum atomic E-state index is 11.8. The lowest BCUT2D eigenvalue weighted by atomic mass is 10.0. The lowest BCUT2D eigenvalue weighted by Crippen LogP contribution is -2.32. The average Bonchev–Trinajstić information content (AvgIpc) is 2.36. The van der Waals surface area contributed by atoms with Crippen LogP contribution in [0.2, 0.25) is 0 Å². The van der Waals surface area contributed by atoms with E-state index in [4.69, 9.17) is 0 Å². The quantitative estimate of drug-likeness (QED) is 0.812. The van der Waals surface area contributed by atoms with E-state index in [1.165, 1.54) is 0 Å². The highest BCUT2D eigenvalue weighted by molar-refractivity contribution is 5.76. The molecule has 0 radical (unpaired) electrons. The number of hydrogen-bond donors (Lipinski definition) is 2. The monoisotopic (exact) mass is 250 g/mol. The molecule has 2 atom stereocenters. The lowest BCUT2D eigenvalue weighted by Gasteiger charge is -2.19. The van der Waals surface area contributed by atoms with Gasteiger partial charge in [-0.2, -0.15) is 0 Å². The fourth-order valence-electron chi connectivity index (χ4n) is 1.70. The molecule has 4 nitrogen and oxygen atoms in total. The van der Waals surface area contributed by atoms with E-state index >= 15 is 0 Å². The Morgan fingerprint density at radius 1 is 1.39 bits per heavy atom. The summed E-state index contributed by atoms with van der Waals surface area (Å²) in [5, 5.41) is 12.6. The van der Waals surface area contributed by atoms with Crippen LogP contribution in [0.1, 0.15) is 45.2 Å². The van der Waals surface area contributed by atoms with Gasteiger partial charge in [0.1, 0.15) is 0 Å². The SMILES string of the molecule is CCC(NC(=O)CC(O)C(C)C)c1ccncc1. The van der Waals surface area contributed by atoms with Crippen LogP contribution in [0.25, 0.3) is 0 Å². The van der Waals surface area contributed by atoms with Gasteiger partial charge < -0.3 is 10.4 Å². The van der Waals surface area contributed by atoms with Crippen molar-refractivity contribution in [3.63, 3.8) is 0 Å². The summed E-state index contributed by atoms with van der Waals surface area (Å²) in [6, 6.07) is 3.78. The summed E-state index contributed by atoms with van der Waals surface area (Å²) in [6.07, 6.45) is 3.81. The number of carbonyl (C=O) groups is 1. The molecular weight excluding hydrogens is 228 g/mol. The molecule has 0 saturated carbocycles. The molecule has 0 aromatic carbocycles. The Balaban J connectivity index is 2.56. The Morgan fingerprint density at radius 3 is 2.50 bits per heavy atom. The van der Waals surface area contributed by atoms with Crippen molar-refractivity contribution in [2.24, 2.45) is 5.92 Å². The summed E-state index contributed by atoms with van der Waals surface area (Å²) in [5.41, 5.74) is 1.04. The molecule has 0 bridgehead atoms. The standard InChI is InChI=1S/C14H22N2O2/c1-4-12(11-5-7-15-8-6-11)16-14(18)9-13(17)10(2)3/h5-8,10,12-13,17H,4,9H2,1-3H3,(H,16,18). The molecule has 1 rings (SSSR count). The average molecular weight is 250 g/mol. The molecule has 2 unspecified atom stereocenters. The van der Waals surface area contributed by atoms with Crippen LogP contribution in [0.3, 0.4) is 0 Å². The molecule has 0 fully saturated rings. The zero-order valence-electron chi connectivity index (χ0n) is 11.3. The first-order valence-corrected chi connectivity index (χ1v) is 6.42. The summed E-state index contributed by atoms with van der Waals surface area (Å²) in [7, 11) is 0. The number of carbonyl (C=O) groups excluding carboxylic acids is 1. The number of nitrogens with one attached hydrogen (secondary N) is 1. The molecule has 1 amide bonds. The van der Waals surface area contributed by atoms with Crippen LogP contribution in [0.15, 0.2) is 24.5 Å². The number of nitrogens with zero attached hydrogens (tertiary/aromatic N) is 1. The Morgan fingerprint density at radius 2 is 2.00 bits per heavy atom. The van der Waals surface area contributed by atoms with Crippen molar-refractivity contribution in [2.45, 2.75) is 45.8 Å². The van der Waals surface area contributed by atoms with Crippen LogP contribution in [-0.2, 0) is 4.79 Å². The molecule has 1 heterocycles. The van der Waals surface area contributed by atoms with Gasteiger partial charge in [-0.15, -0.1) is 0 Å². The molecule has 0 spiro atoms. The molecule has 0 aliphatic heterocycles. The summed E-state index contributed by atoms with van der Waals surface area (Å²) in [4.78, 5) is 15.8. The maximum Gasteiger partial charge on any atom is 0.223 e. The molecule has 18 heavy (non-hydrogen) atoms. The molecule has 0 saturated heterocycles. The highest BCUT2D eigenvalue weighted by Gasteiger charge is 2.17. The van der Waals surface area contributed by atoms with E-state index in [-0.39, 0.29) is 24.3 Å².